The largest absolute Gasteiger partial charge is 0.481 e. The fourth-order valence-electron chi connectivity index (χ4n) is 1.89. The molecule has 13 heavy (non-hydrogen) atoms. The summed E-state index contributed by atoms with van der Waals surface area (Å²) in [6.45, 7) is 6.79. The van der Waals surface area contributed by atoms with E-state index in [1.54, 1.807) is 0 Å². The molecule has 3 heteroatoms. The van der Waals surface area contributed by atoms with Gasteiger partial charge in [0.25, 0.3) is 0 Å². The van der Waals surface area contributed by atoms with Crippen LogP contribution in [0.4, 0.5) is 0 Å². The molecule has 0 spiro atoms. The van der Waals surface area contributed by atoms with Crippen LogP contribution in [-0.2, 0) is 4.79 Å². The maximum atomic E-state index is 10.4. The number of carbonyl (C=O) groups is 1. The molecule has 0 amide bonds. The van der Waals surface area contributed by atoms with Crippen LogP contribution in [0.25, 0.3) is 0 Å². The second kappa shape index (κ2) is 6.19. The molecule has 0 aliphatic rings. The molecule has 0 aliphatic heterocycles. The van der Waals surface area contributed by atoms with Gasteiger partial charge in [-0.2, -0.15) is 0 Å². The third-order valence-electron chi connectivity index (χ3n) is 3.35. The molecule has 2 nitrogen and oxygen atoms in total. The summed E-state index contributed by atoms with van der Waals surface area (Å²) in [6.07, 6.45) is 1.24. The first-order chi connectivity index (χ1) is 6.10. The van der Waals surface area contributed by atoms with Crippen LogP contribution in [0.2, 0.25) is 24.2 Å². The van der Waals surface area contributed by atoms with E-state index in [-0.39, 0.29) is 0 Å². The normalized spacial score (nSPS) is 11.6. The summed E-state index contributed by atoms with van der Waals surface area (Å²) >= 11 is 0. The van der Waals surface area contributed by atoms with E-state index in [9.17, 15) is 4.79 Å². The first-order valence-corrected chi connectivity index (χ1v) is 8.15. The third-order valence-corrected chi connectivity index (χ3v) is 9.26. The molecular weight excluding hydrogens is 180 g/mol. The molecule has 0 aromatic heterocycles. The molecule has 0 aromatic rings. The van der Waals surface area contributed by atoms with Gasteiger partial charge in [0, 0.05) is 6.42 Å². The molecule has 0 aliphatic carbocycles. The Morgan fingerprint density at radius 3 is 1.92 bits per heavy atom. The molecule has 0 aromatic carbocycles. The molecule has 0 fully saturated rings. The van der Waals surface area contributed by atoms with Crippen LogP contribution in [0.15, 0.2) is 0 Å². The lowest BCUT2D eigenvalue weighted by atomic mass is 10.3. The molecule has 78 valence electrons. The highest BCUT2D eigenvalue weighted by Crippen LogP contribution is 2.26. The Morgan fingerprint density at radius 2 is 1.62 bits per heavy atom. The van der Waals surface area contributed by atoms with Gasteiger partial charge in [-0.1, -0.05) is 44.9 Å². The monoisotopic (exact) mass is 202 g/mol. The zero-order chi connectivity index (χ0) is 10.3. The van der Waals surface area contributed by atoms with Crippen LogP contribution in [0.5, 0.6) is 0 Å². The van der Waals surface area contributed by atoms with Crippen LogP contribution in [0.3, 0.4) is 0 Å². The summed E-state index contributed by atoms with van der Waals surface area (Å²) in [5.74, 6) is -0.647. The molecule has 0 bridgehead atoms. The average Bonchev–Trinajstić information content (AvgIpc) is 2.13. The first-order valence-electron chi connectivity index (χ1n) is 5.32. The summed E-state index contributed by atoms with van der Waals surface area (Å²) in [4.78, 5) is 10.4. The van der Waals surface area contributed by atoms with Crippen molar-refractivity contribution in [1.29, 1.82) is 0 Å². The molecule has 0 atom stereocenters. The Hall–Kier alpha value is -0.313. The quantitative estimate of drug-likeness (QED) is 0.643. The highest BCUT2D eigenvalue weighted by molar-refractivity contribution is 6.79. The predicted molar refractivity (Wildman–Crippen MR) is 58.9 cm³/mol. The fourth-order valence-corrected chi connectivity index (χ4v) is 5.38. The maximum absolute atomic E-state index is 10.4. The smallest absolute Gasteiger partial charge is 0.303 e. The number of hydrogen-bond acceptors (Lipinski definition) is 1. The van der Waals surface area contributed by atoms with Gasteiger partial charge in [0.15, 0.2) is 0 Å². The van der Waals surface area contributed by atoms with Gasteiger partial charge in [-0.3, -0.25) is 4.79 Å². The van der Waals surface area contributed by atoms with Crippen molar-refractivity contribution < 1.29 is 9.90 Å². The van der Waals surface area contributed by atoms with Crippen molar-refractivity contribution in [2.75, 3.05) is 0 Å². The highest BCUT2D eigenvalue weighted by Gasteiger charge is 2.25. The Bertz CT molecular complexity index is 145. The summed E-state index contributed by atoms with van der Waals surface area (Å²) in [5.41, 5.74) is 0. The molecule has 0 rings (SSSR count). The van der Waals surface area contributed by atoms with E-state index < -0.39 is 14.0 Å². The van der Waals surface area contributed by atoms with Gasteiger partial charge in [0.05, 0.1) is 8.07 Å². The summed E-state index contributed by atoms with van der Waals surface area (Å²) in [5, 5.41) is 8.54. The SMILES string of the molecule is CC[Si](CC)(CC)CCCC(=O)O. The summed E-state index contributed by atoms with van der Waals surface area (Å²) in [6, 6.07) is 5.11. The predicted octanol–water partition coefficient (Wildman–Crippen LogP) is 3.36. The summed E-state index contributed by atoms with van der Waals surface area (Å²) in [7, 11) is -1.05. The van der Waals surface area contributed by atoms with Crippen molar-refractivity contribution in [1.82, 2.24) is 0 Å². The van der Waals surface area contributed by atoms with Crippen LogP contribution in [0, 0.1) is 0 Å². The van der Waals surface area contributed by atoms with Crippen LogP contribution >= 0.6 is 0 Å². The molecule has 0 saturated carbocycles. The van der Waals surface area contributed by atoms with Gasteiger partial charge in [-0.15, -0.1) is 0 Å². The Morgan fingerprint density at radius 1 is 1.15 bits per heavy atom. The first kappa shape index (κ1) is 12.7. The van der Waals surface area contributed by atoms with Gasteiger partial charge in [-0.05, 0) is 6.42 Å². The standard InChI is InChI=1S/C10H22O2Si/c1-4-13(5-2,6-3)9-7-8-10(11)12/h4-9H2,1-3H3,(H,11,12). The van der Waals surface area contributed by atoms with Gasteiger partial charge in [0.2, 0.25) is 0 Å². The lowest BCUT2D eigenvalue weighted by Crippen LogP contribution is -2.30. The fraction of sp³-hybridized carbons (Fsp3) is 0.900. The van der Waals surface area contributed by atoms with Crippen molar-refractivity contribution in [3.05, 3.63) is 0 Å². The molecule has 0 saturated heterocycles. The molecule has 1 N–H and O–H groups in total. The molecule has 0 unspecified atom stereocenters. The van der Waals surface area contributed by atoms with Crippen molar-refractivity contribution in [3.63, 3.8) is 0 Å². The number of rotatable bonds is 7. The van der Waals surface area contributed by atoms with Gasteiger partial charge in [-0.25, -0.2) is 0 Å². The second-order valence-corrected chi connectivity index (χ2v) is 9.43. The van der Waals surface area contributed by atoms with Crippen molar-refractivity contribution in [2.45, 2.75) is 57.8 Å². The third kappa shape index (κ3) is 4.46. The van der Waals surface area contributed by atoms with E-state index in [2.05, 4.69) is 20.8 Å². The topological polar surface area (TPSA) is 37.3 Å². The number of carboxylic acids is 1. The van der Waals surface area contributed by atoms with Gasteiger partial charge in [0.1, 0.15) is 0 Å². The van der Waals surface area contributed by atoms with E-state index in [0.717, 1.165) is 6.42 Å². The number of hydrogen-bond donors (Lipinski definition) is 1. The Kier molecular flexibility index (Phi) is 6.04. The Balaban J connectivity index is 3.88. The molecule has 0 heterocycles. The zero-order valence-corrected chi connectivity index (χ0v) is 10.1. The van der Waals surface area contributed by atoms with Crippen molar-refractivity contribution in [3.8, 4) is 0 Å². The lowest BCUT2D eigenvalue weighted by molar-refractivity contribution is -0.137. The van der Waals surface area contributed by atoms with E-state index in [0.29, 0.717) is 6.42 Å². The molecule has 0 radical (unpaired) electrons. The average molecular weight is 202 g/mol. The van der Waals surface area contributed by atoms with E-state index in [1.807, 2.05) is 0 Å². The summed E-state index contributed by atoms with van der Waals surface area (Å²) < 4.78 is 0. The second-order valence-electron chi connectivity index (χ2n) is 3.81. The maximum Gasteiger partial charge on any atom is 0.303 e. The van der Waals surface area contributed by atoms with E-state index in [1.165, 1.54) is 24.2 Å². The number of carboxylic acid groups (broad SMARTS) is 1. The van der Waals surface area contributed by atoms with Crippen molar-refractivity contribution >= 4 is 14.0 Å². The van der Waals surface area contributed by atoms with Crippen molar-refractivity contribution in [2.24, 2.45) is 0 Å². The number of aliphatic carboxylic acids is 1. The molecular formula is C10H22O2Si. The lowest BCUT2D eigenvalue weighted by Gasteiger charge is -2.27. The van der Waals surface area contributed by atoms with Gasteiger partial charge >= 0.3 is 5.97 Å². The zero-order valence-electron chi connectivity index (χ0n) is 9.10. The minimum absolute atomic E-state index is 0.356. The van der Waals surface area contributed by atoms with Gasteiger partial charge < -0.3 is 5.11 Å². The van der Waals surface area contributed by atoms with E-state index >= 15 is 0 Å². The minimum atomic E-state index is -1.05. The minimum Gasteiger partial charge on any atom is -0.481 e. The van der Waals surface area contributed by atoms with Crippen LogP contribution < -0.4 is 0 Å². The highest BCUT2D eigenvalue weighted by atomic mass is 28.3. The Labute approximate surface area is 82.4 Å². The van der Waals surface area contributed by atoms with E-state index in [4.69, 9.17) is 5.11 Å². The van der Waals surface area contributed by atoms with Crippen LogP contribution in [-0.4, -0.2) is 19.1 Å². The van der Waals surface area contributed by atoms with Crippen LogP contribution in [0.1, 0.15) is 33.6 Å².